The minimum atomic E-state index is -0.180. The predicted octanol–water partition coefficient (Wildman–Crippen LogP) is 5.89. The molecule has 0 radical (unpaired) electrons. The molecule has 0 aliphatic rings. The summed E-state index contributed by atoms with van der Waals surface area (Å²) in [5.74, 6) is 2.38. The molecule has 30 heavy (non-hydrogen) atoms. The molecule has 2 heterocycles. The van der Waals surface area contributed by atoms with E-state index in [1.165, 1.54) is 6.33 Å². The molecule has 6 nitrogen and oxygen atoms in total. The first-order valence-corrected chi connectivity index (χ1v) is 9.89. The first kappa shape index (κ1) is 20.0. The molecule has 0 amide bonds. The first-order chi connectivity index (χ1) is 14.3. The number of anilines is 1. The van der Waals surface area contributed by atoms with Crippen molar-refractivity contribution in [2.45, 2.75) is 26.3 Å². The average molecular weight is 423 g/mol. The van der Waals surface area contributed by atoms with Crippen molar-refractivity contribution in [1.82, 2.24) is 14.5 Å². The van der Waals surface area contributed by atoms with Crippen molar-refractivity contribution in [2.24, 2.45) is 0 Å². The number of methoxy groups -OCH3 is 1. The number of nitrogen functional groups attached to an aromatic ring is 1. The van der Waals surface area contributed by atoms with Crippen molar-refractivity contribution in [3.05, 3.63) is 60.0 Å². The Morgan fingerprint density at radius 3 is 2.47 bits per heavy atom. The maximum absolute atomic E-state index is 6.25. The third-order valence-electron chi connectivity index (χ3n) is 4.83. The molecule has 0 aliphatic heterocycles. The number of hydrogen-bond acceptors (Lipinski definition) is 5. The van der Waals surface area contributed by atoms with E-state index in [4.69, 9.17) is 26.8 Å². The summed E-state index contributed by atoms with van der Waals surface area (Å²) in [4.78, 5) is 8.69. The van der Waals surface area contributed by atoms with E-state index in [1.807, 2.05) is 36.5 Å². The van der Waals surface area contributed by atoms with Crippen LogP contribution in [-0.2, 0) is 5.54 Å². The summed E-state index contributed by atoms with van der Waals surface area (Å²) in [5.41, 5.74) is 8.64. The number of benzene rings is 2. The van der Waals surface area contributed by atoms with Gasteiger partial charge in [0.15, 0.2) is 0 Å². The molecule has 7 heteroatoms. The maximum Gasteiger partial charge on any atom is 0.146 e. The van der Waals surface area contributed by atoms with Crippen LogP contribution in [0.15, 0.2) is 55.0 Å². The topological polar surface area (TPSA) is 75.2 Å². The molecular weight excluding hydrogens is 400 g/mol. The third kappa shape index (κ3) is 3.66. The Labute approximate surface area is 180 Å². The van der Waals surface area contributed by atoms with E-state index < -0.39 is 0 Å². The van der Waals surface area contributed by atoms with Crippen LogP contribution in [0.1, 0.15) is 20.8 Å². The van der Waals surface area contributed by atoms with Crippen molar-refractivity contribution in [3.8, 4) is 28.4 Å². The van der Waals surface area contributed by atoms with Crippen molar-refractivity contribution in [3.63, 3.8) is 0 Å². The van der Waals surface area contributed by atoms with Gasteiger partial charge in [0.05, 0.1) is 12.5 Å². The summed E-state index contributed by atoms with van der Waals surface area (Å²) >= 11 is 6.05. The van der Waals surface area contributed by atoms with Gasteiger partial charge in [0.2, 0.25) is 0 Å². The average Bonchev–Trinajstić information content (AvgIpc) is 3.09. The van der Waals surface area contributed by atoms with Gasteiger partial charge in [0, 0.05) is 34.0 Å². The van der Waals surface area contributed by atoms with E-state index >= 15 is 0 Å². The summed E-state index contributed by atoms with van der Waals surface area (Å²) in [6.07, 6.45) is 3.54. The molecule has 0 spiro atoms. The molecule has 0 saturated carbocycles. The zero-order valence-electron chi connectivity index (χ0n) is 17.3. The van der Waals surface area contributed by atoms with Crippen molar-refractivity contribution < 1.29 is 9.47 Å². The van der Waals surface area contributed by atoms with Gasteiger partial charge in [-0.2, -0.15) is 0 Å². The fourth-order valence-electron chi connectivity index (χ4n) is 3.42. The summed E-state index contributed by atoms with van der Waals surface area (Å²) < 4.78 is 13.7. The Hall–Kier alpha value is -3.25. The zero-order chi connectivity index (χ0) is 21.5. The van der Waals surface area contributed by atoms with E-state index in [0.29, 0.717) is 28.1 Å². The second kappa shape index (κ2) is 7.54. The number of aromatic nitrogens is 3. The molecule has 0 saturated heterocycles. The van der Waals surface area contributed by atoms with Crippen LogP contribution >= 0.6 is 11.6 Å². The van der Waals surface area contributed by atoms with Crippen LogP contribution < -0.4 is 15.2 Å². The summed E-state index contributed by atoms with van der Waals surface area (Å²) in [6.45, 7) is 6.36. The van der Waals surface area contributed by atoms with Gasteiger partial charge in [-0.25, -0.2) is 9.97 Å². The molecular formula is C23H23ClN4O2. The minimum Gasteiger partial charge on any atom is -0.496 e. The molecule has 0 unspecified atom stereocenters. The highest BCUT2D eigenvalue weighted by molar-refractivity contribution is 6.30. The molecule has 154 valence electrons. The number of fused-ring (bicyclic) bond motifs is 1. The highest BCUT2D eigenvalue weighted by Crippen LogP contribution is 2.41. The molecule has 0 atom stereocenters. The molecule has 2 aromatic heterocycles. The van der Waals surface area contributed by atoms with E-state index in [2.05, 4.69) is 35.3 Å². The lowest BCUT2D eigenvalue weighted by molar-refractivity contribution is 0.407. The summed E-state index contributed by atoms with van der Waals surface area (Å²) in [7, 11) is 1.63. The maximum atomic E-state index is 6.25. The van der Waals surface area contributed by atoms with Gasteiger partial charge in [-0.1, -0.05) is 17.7 Å². The van der Waals surface area contributed by atoms with Crippen LogP contribution in [0.3, 0.4) is 0 Å². The summed E-state index contributed by atoms with van der Waals surface area (Å²) in [6, 6.07) is 12.9. The molecule has 0 aliphatic carbocycles. The first-order valence-electron chi connectivity index (χ1n) is 9.52. The van der Waals surface area contributed by atoms with E-state index in [0.717, 1.165) is 22.2 Å². The number of hydrogen-bond donors (Lipinski definition) is 1. The zero-order valence-corrected chi connectivity index (χ0v) is 18.1. The summed E-state index contributed by atoms with van der Waals surface area (Å²) in [5, 5.41) is 1.41. The fraction of sp³-hybridized carbons (Fsp3) is 0.217. The minimum absolute atomic E-state index is 0.180. The quantitative estimate of drug-likeness (QED) is 0.443. The normalized spacial score (nSPS) is 11.6. The van der Waals surface area contributed by atoms with E-state index in [-0.39, 0.29) is 5.54 Å². The van der Waals surface area contributed by atoms with Gasteiger partial charge >= 0.3 is 0 Å². The van der Waals surface area contributed by atoms with Crippen molar-refractivity contribution in [2.75, 3.05) is 12.8 Å². The number of nitrogens with zero attached hydrogens (tertiary/aromatic N) is 3. The largest absolute Gasteiger partial charge is 0.496 e. The Balaban J connectivity index is 1.84. The Morgan fingerprint density at radius 2 is 1.77 bits per heavy atom. The molecule has 4 aromatic rings. The highest BCUT2D eigenvalue weighted by Gasteiger charge is 2.23. The van der Waals surface area contributed by atoms with Gasteiger partial charge in [0.25, 0.3) is 0 Å². The van der Waals surface area contributed by atoms with Crippen LogP contribution in [0.4, 0.5) is 5.82 Å². The second-order valence-corrected chi connectivity index (χ2v) is 8.40. The van der Waals surface area contributed by atoms with Crippen molar-refractivity contribution >= 4 is 28.5 Å². The lowest BCUT2D eigenvalue weighted by atomic mass is 10.0. The molecule has 0 fully saturated rings. The molecule has 4 rings (SSSR count). The van der Waals surface area contributed by atoms with Gasteiger partial charge in [-0.05, 0) is 51.1 Å². The second-order valence-electron chi connectivity index (χ2n) is 7.96. The van der Waals surface area contributed by atoms with Crippen molar-refractivity contribution in [1.29, 1.82) is 0 Å². The van der Waals surface area contributed by atoms with E-state index in [1.54, 1.807) is 19.2 Å². The van der Waals surface area contributed by atoms with Gasteiger partial charge < -0.3 is 19.8 Å². The SMILES string of the molecule is COc1cc(Oc2cccc(Cl)c2)ccc1-c1cn(C(C)(C)C)c2ncnc(N)c12. The van der Waals surface area contributed by atoms with Gasteiger partial charge in [-0.3, -0.25) is 0 Å². The Kier molecular flexibility index (Phi) is 5.03. The lowest BCUT2D eigenvalue weighted by Crippen LogP contribution is -2.21. The van der Waals surface area contributed by atoms with Crippen LogP contribution in [-0.4, -0.2) is 21.6 Å². The smallest absolute Gasteiger partial charge is 0.146 e. The standard InChI is InChI=1S/C23H23ClN4O2/c1-23(2,3)28-12-18(20-21(25)26-13-27-22(20)28)17-9-8-16(11-19(17)29-4)30-15-7-5-6-14(24)10-15/h5-13H,1-4H3,(H2,25,26,27). The van der Waals surface area contributed by atoms with Crippen LogP contribution in [0.25, 0.3) is 22.2 Å². The van der Waals surface area contributed by atoms with Crippen LogP contribution in [0, 0.1) is 0 Å². The van der Waals surface area contributed by atoms with Crippen LogP contribution in [0.5, 0.6) is 17.2 Å². The predicted molar refractivity (Wildman–Crippen MR) is 120 cm³/mol. The number of rotatable bonds is 4. The monoisotopic (exact) mass is 422 g/mol. The van der Waals surface area contributed by atoms with E-state index in [9.17, 15) is 0 Å². The Morgan fingerprint density at radius 1 is 1.00 bits per heavy atom. The Bertz CT molecular complexity index is 1230. The number of halogens is 1. The van der Waals surface area contributed by atoms with Gasteiger partial charge in [0.1, 0.15) is 35.0 Å². The molecule has 0 bridgehead atoms. The third-order valence-corrected chi connectivity index (χ3v) is 5.07. The number of nitrogens with two attached hydrogens (primary N) is 1. The lowest BCUT2D eigenvalue weighted by Gasteiger charge is -2.21. The molecule has 2 N–H and O–H groups in total. The highest BCUT2D eigenvalue weighted by atomic mass is 35.5. The van der Waals surface area contributed by atoms with Crippen LogP contribution in [0.2, 0.25) is 5.02 Å². The fourth-order valence-corrected chi connectivity index (χ4v) is 3.61. The number of ether oxygens (including phenoxy) is 2. The molecule has 2 aromatic carbocycles. The van der Waals surface area contributed by atoms with Gasteiger partial charge in [-0.15, -0.1) is 0 Å².